The average molecular weight is 490 g/mol. The molecule has 2 aromatic rings. The van der Waals surface area contributed by atoms with E-state index in [0.29, 0.717) is 0 Å². The molecule has 1 aliphatic heterocycles. The van der Waals surface area contributed by atoms with Gasteiger partial charge in [0.2, 0.25) is 0 Å². The summed E-state index contributed by atoms with van der Waals surface area (Å²) >= 11 is 0. The number of nitrogen functional groups attached to an aromatic ring is 1. The van der Waals surface area contributed by atoms with Crippen LogP contribution in [0, 0.1) is 0 Å². The van der Waals surface area contributed by atoms with E-state index in [1.807, 2.05) is 0 Å². The summed E-state index contributed by atoms with van der Waals surface area (Å²) in [6.45, 7) is -0.876. The molecule has 1 saturated heterocycles. The van der Waals surface area contributed by atoms with E-state index >= 15 is 0 Å². The van der Waals surface area contributed by atoms with Crippen molar-refractivity contribution in [3.05, 3.63) is 12.7 Å². The van der Waals surface area contributed by atoms with Crippen molar-refractivity contribution in [2.45, 2.75) is 24.5 Å². The lowest BCUT2D eigenvalue weighted by Gasteiger charge is -2.22. The molecule has 0 amide bonds. The van der Waals surface area contributed by atoms with Crippen LogP contribution in [0.5, 0.6) is 0 Å². The summed E-state index contributed by atoms with van der Waals surface area (Å²) in [5.74, 6) is 0.00104. The molecule has 0 aliphatic carbocycles. The van der Waals surface area contributed by atoms with Crippen LogP contribution in [0.15, 0.2) is 12.7 Å². The van der Waals surface area contributed by atoms with Crippen LogP contribution in [-0.2, 0) is 31.8 Å². The maximum atomic E-state index is 11.5. The van der Waals surface area contributed by atoms with Gasteiger partial charge in [-0.25, -0.2) is 24.1 Å². The monoisotopic (exact) mass is 490 g/mol. The first-order valence-electron chi connectivity index (χ1n) is 7.71. The van der Waals surface area contributed by atoms with Crippen molar-refractivity contribution in [2.75, 3.05) is 12.3 Å². The molecule has 0 radical (unpaired) electrons. The molecule has 2 aromatic heterocycles. The number of nitrogens with zero attached hydrogens (tertiary/aromatic N) is 4. The summed E-state index contributed by atoms with van der Waals surface area (Å²) in [7, 11) is -13.6. The molecule has 3 rings (SSSR count). The lowest BCUT2D eigenvalue weighted by molar-refractivity contribution is -0.0495. The number of phosphoric acid groups is 2. The highest BCUT2D eigenvalue weighted by atomic mass is 31.2. The van der Waals surface area contributed by atoms with Gasteiger partial charge < -0.3 is 25.4 Å². The molecule has 1 aliphatic rings. The number of aliphatic hydroxyl groups excluding tert-OH is 1. The first kappa shape index (κ1) is 23.2. The fraction of sp³-hybridized carbons (Fsp3) is 0.500. The Morgan fingerprint density at radius 1 is 1.27 bits per heavy atom. The minimum absolute atomic E-state index is 0.00104. The molecule has 2 unspecified atom stereocenters. The molecule has 20 heteroatoms. The van der Waals surface area contributed by atoms with Gasteiger partial charge in [-0.15, -0.1) is 4.89 Å². The molecule has 1 fully saturated rings. The number of hydrogen-bond donors (Lipinski definition) is 6. The van der Waals surface area contributed by atoms with Gasteiger partial charge in [0, 0.05) is 4.57 Å². The molecule has 3 heterocycles. The first-order chi connectivity index (χ1) is 13.9. The Balaban J connectivity index is 1.89. The highest BCUT2D eigenvalue weighted by molar-refractivity contribution is 7.55. The molecular formula is C10H15N5O12P3+. The highest BCUT2D eigenvalue weighted by Gasteiger charge is 2.50. The van der Waals surface area contributed by atoms with Crippen LogP contribution in [-0.4, -0.2) is 69.1 Å². The quantitative estimate of drug-likeness (QED) is 0.241. The molecule has 166 valence electrons. The Morgan fingerprint density at radius 3 is 2.60 bits per heavy atom. The Morgan fingerprint density at radius 2 is 1.97 bits per heavy atom. The van der Waals surface area contributed by atoms with Crippen LogP contribution in [0.25, 0.3) is 11.2 Å². The van der Waals surface area contributed by atoms with Gasteiger partial charge in [0.1, 0.15) is 30.2 Å². The predicted molar refractivity (Wildman–Crippen MR) is 93.3 cm³/mol. The number of rotatable bonds is 8. The second-order valence-electron chi connectivity index (χ2n) is 5.78. The Kier molecular flexibility index (Phi) is 6.65. The van der Waals surface area contributed by atoms with Crippen LogP contribution in [0.1, 0.15) is 6.23 Å². The Labute approximate surface area is 167 Å². The summed E-state index contributed by atoms with van der Waals surface area (Å²) in [6.07, 6.45) is -4.18. The van der Waals surface area contributed by atoms with E-state index < -0.39 is 55.0 Å². The maximum absolute atomic E-state index is 11.5. The van der Waals surface area contributed by atoms with Crippen molar-refractivity contribution in [3.63, 3.8) is 0 Å². The van der Waals surface area contributed by atoms with E-state index in [1.54, 1.807) is 0 Å². The summed E-state index contributed by atoms with van der Waals surface area (Å²) in [5.41, 5.74) is 5.89. The molecule has 0 bridgehead atoms. The van der Waals surface area contributed by atoms with E-state index in [2.05, 4.69) is 28.3 Å². The van der Waals surface area contributed by atoms with Gasteiger partial charge in [0.15, 0.2) is 17.7 Å². The topological polar surface area (TPSA) is 259 Å². The Hall–Kier alpha value is -1.45. The van der Waals surface area contributed by atoms with Crippen molar-refractivity contribution < 1.29 is 56.5 Å². The second kappa shape index (κ2) is 8.59. The Bertz CT molecular complexity index is 1040. The number of imidazole rings is 1. The fourth-order valence-corrected chi connectivity index (χ4v) is 4.46. The second-order valence-corrected chi connectivity index (χ2v) is 9.30. The van der Waals surface area contributed by atoms with Crippen LogP contribution in [0.4, 0.5) is 5.82 Å². The third-order valence-electron chi connectivity index (χ3n) is 3.81. The number of phosphoric ester groups is 2. The van der Waals surface area contributed by atoms with Gasteiger partial charge in [-0.1, -0.05) is 0 Å². The number of hydrogen-bond acceptors (Lipinski definition) is 12. The fourth-order valence-electron chi connectivity index (χ4n) is 2.69. The van der Waals surface area contributed by atoms with Crippen molar-refractivity contribution >= 4 is 40.9 Å². The molecule has 6 atom stereocenters. The molecule has 30 heavy (non-hydrogen) atoms. The lowest BCUT2D eigenvalue weighted by atomic mass is 10.1. The highest BCUT2D eigenvalue weighted by Crippen LogP contribution is 2.51. The van der Waals surface area contributed by atoms with Gasteiger partial charge in [0.05, 0.1) is 12.9 Å². The zero-order valence-corrected chi connectivity index (χ0v) is 17.2. The number of fused-ring (bicyclic) bond motifs is 1. The molecular weight excluding hydrogens is 475 g/mol. The zero-order chi connectivity index (χ0) is 22.3. The lowest BCUT2D eigenvalue weighted by Crippen LogP contribution is -2.35. The third-order valence-corrected chi connectivity index (χ3v) is 6.19. The number of aromatic nitrogens is 4. The van der Waals surface area contributed by atoms with E-state index in [9.17, 15) is 23.7 Å². The summed E-state index contributed by atoms with van der Waals surface area (Å²) in [5, 5.41) is 10.4. The predicted octanol–water partition coefficient (Wildman–Crippen LogP) is -1.07. The summed E-state index contributed by atoms with van der Waals surface area (Å²) < 4.78 is 53.0. The van der Waals surface area contributed by atoms with Crippen LogP contribution in [0.3, 0.4) is 0 Å². The zero-order valence-electron chi connectivity index (χ0n) is 14.5. The van der Waals surface area contributed by atoms with Crippen molar-refractivity contribution in [3.8, 4) is 0 Å². The van der Waals surface area contributed by atoms with Gasteiger partial charge in [0.25, 0.3) is 0 Å². The molecule has 7 N–H and O–H groups in total. The van der Waals surface area contributed by atoms with Crippen molar-refractivity contribution in [2.24, 2.45) is 0 Å². The number of aliphatic hydroxyl groups is 1. The van der Waals surface area contributed by atoms with E-state index in [4.69, 9.17) is 25.2 Å². The average Bonchev–Trinajstić information content (AvgIpc) is 3.14. The SMILES string of the molecule is Nc1ncnc2c1ncn2[C@@H]1O[C@H](COP(=O)(O)O[P+](=O)O)[C@@H](O)[C@H]1OP(=O)(O)O. The van der Waals surface area contributed by atoms with Crippen LogP contribution in [0.2, 0.25) is 0 Å². The van der Waals surface area contributed by atoms with Gasteiger partial charge in [-0.3, -0.25) is 18.5 Å². The van der Waals surface area contributed by atoms with Crippen LogP contribution >= 0.6 is 23.9 Å². The molecule has 0 spiro atoms. The van der Waals surface area contributed by atoms with Gasteiger partial charge in [-0.05, 0) is 4.31 Å². The molecule has 17 nitrogen and oxygen atoms in total. The van der Waals surface area contributed by atoms with E-state index in [0.717, 1.165) is 17.2 Å². The van der Waals surface area contributed by atoms with Crippen molar-refractivity contribution in [1.29, 1.82) is 0 Å². The van der Waals surface area contributed by atoms with Gasteiger partial charge >= 0.3 is 23.9 Å². The van der Waals surface area contributed by atoms with Gasteiger partial charge in [-0.2, -0.15) is 0 Å². The maximum Gasteiger partial charge on any atom is 0.705 e. The minimum Gasteiger partial charge on any atom is -0.387 e. The van der Waals surface area contributed by atoms with E-state index in [1.165, 1.54) is 0 Å². The number of ether oxygens (including phenoxy) is 1. The molecule has 0 saturated carbocycles. The van der Waals surface area contributed by atoms with Crippen LogP contribution < -0.4 is 5.73 Å². The van der Waals surface area contributed by atoms with E-state index in [-0.39, 0.29) is 17.0 Å². The minimum atomic E-state index is -5.13. The smallest absolute Gasteiger partial charge is 0.387 e. The largest absolute Gasteiger partial charge is 0.705 e. The normalized spacial score (nSPS) is 27.3. The third kappa shape index (κ3) is 5.23. The molecule has 0 aromatic carbocycles. The first-order valence-corrected chi connectivity index (χ1v) is 11.9. The summed E-state index contributed by atoms with van der Waals surface area (Å²) in [6, 6.07) is 0. The summed E-state index contributed by atoms with van der Waals surface area (Å²) in [4.78, 5) is 47.9. The number of anilines is 1. The number of nitrogens with two attached hydrogens (primary N) is 1. The standard InChI is InChI=1S/C10H14N5O12P3/c11-8-5-9(13-2-12-8)15(3-14-5)10-7(26-29(19,20)21)6(16)4(25-10)1-24-30(22,23)27-28(17)18/h2-4,6-7,10,16H,1H2,(H5-,11,12,13,17,18,19,20,21,22,23)/p+1/t4-,6-,7-,10-/m1/s1. The van der Waals surface area contributed by atoms with Crippen molar-refractivity contribution in [1.82, 2.24) is 19.5 Å².